The average Bonchev–Trinajstić information content (AvgIpc) is 2.60. The third-order valence-corrected chi connectivity index (χ3v) is 3.99. The van der Waals surface area contributed by atoms with Gasteiger partial charge in [-0.3, -0.25) is 9.97 Å². The van der Waals surface area contributed by atoms with Crippen LogP contribution < -0.4 is 14.8 Å². The minimum Gasteiger partial charge on any atom is -0.493 e. The minimum absolute atomic E-state index is 0.598. The fraction of sp³-hybridized carbons (Fsp3) is 0.222. The van der Waals surface area contributed by atoms with Crippen molar-refractivity contribution in [2.75, 3.05) is 19.0 Å². The number of hydrogen-bond acceptors (Lipinski definition) is 5. The first-order chi connectivity index (χ1) is 11.7. The molecular formula is C18H18BrN3O2. The molecule has 0 spiro atoms. The molecule has 124 valence electrons. The van der Waals surface area contributed by atoms with Crippen LogP contribution in [0.1, 0.15) is 12.5 Å². The summed E-state index contributed by atoms with van der Waals surface area (Å²) >= 11 is 3.42. The summed E-state index contributed by atoms with van der Waals surface area (Å²) in [6.07, 6.45) is 3.55. The maximum atomic E-state index is 5.62. The van der Waals surface area contributed by atoms with Crippen LogP contribution in [-0.2, 0) is 6.54 Å². The quantitative estimate of drug-likeness (QED) is 0.678. The number of nitrogens with one attached hydrogen (secondary N) is 1. The number of pyridine rings is 2. The number of methoxy groups -OCH3 is 1. The van der Waals surface area contributed by atoms with E-state index in [4.69, 9.17) is 9.47 Å². The molecule has 0 amide bonds. The van der Waals surface area contributed by atoms with Gasteiger partial charge in [-0.1, -0.05) is 6.07 Å². The van der Waals surface area contributed by atoms with E-state index in [1.807, 2.05) is 37.3 Å². The highest BCUT2D eigenvalue weighted by molar-refractivity contribution is 9.10. The predicted octanol–water partition coefficient (Wildman–Crippen LogP) is 4.41. The lowest BCUT2D eigenvalue weighted by Gasteiger charge is -2.13. The van der Waals surface area contributed by atoms with Crippen LogP contribution in [0, 0.1) is 0 Å². The summed E-state index contributed by atoms with van der Waals surface area (Å²) in [6, 6.07) is 9.80. The molecule has 0 atom stereocenters. The van der Waals surface area contributed by atoms with Crippen LogP contribution in [0.15, 0.2) is 47.2 Å². The van der Waals surface area contributed by atoms with E-state index in [0.717, 1.165) is 38.3 Å². The number of anilines is 1. The number of hydrogen-bond donors (Lipinski definition) is 1. The van der Waals surface area contributed by atoms with Gasteiger partial charge in [-0.2, -0.15) is 0 Å². The molecule has 0 radical (unpaired) electrons. The van der Waals surface area contributed by atoms with Crippen molar-refractivity contribution in [1.82, 2.24) is 9.97 Å². The highest BCUT2D eigenvalue weighted by Crippen LogP contribution is 2.29. The molecule has 24 heavy (non-hydrogen) atoms. The Kier molecular flexibility index (Phi) is 5.15. The maximum Gasteiger partial charge on any atom is 0.161 e. The molecule has 0 aliphatic rings. The molecule has 2 heterocycles. The van der Waals surface area contributed by atoms with Gasteiger partial charge in [0.2, 0.25) is 0 Å². The monoisotopic (exact) mass is 387 g/mol. The Balaban J connectivity index is 1.82. The van der Waals surface area contributed by atoms with Gasteiger partial charge in [0.25, 0.3) is 0 Å². The Morgan fingerprint density at radius 2 is 2.00 bits per heavy atom. The lowest BCUT2D eigenvalue weighted by atomic mass is 10.2. The molecule has 3 aromatic rings. The van der Waals surface area contributed by atoms with Gasteiger partial charge >= 0.3 is 0 Å². The summed E-state index contributed by atoms with van der Waals surface area (Å²) in [6.45, 7) is 3.21. The number of ether oxygens (including phenoxy) is 2. The van der Waals surface area contributed by atoms with E-state index < -0.39 is 0 Å². The highest BCUT2D eigenvalue weighted by atomic mass is 79.9. The molecule has 0 unspecified atom stereocenters. The summed E-state index contributed by atoms with van der Waals surface area (Å²) in [7, 11) is 1.64. The molecule has 0 saturated carbocycles. The van der Waals surface area contributed by atoms with E-state index in [-0.39, 0.29) is 0 Å². The highest BCUT2D eigenvalue weighted by Gasteiger charge is 2.07. The van der Waals surface area contributed by atoms with E-state index in [9.17, 15) is 0 Å². The van der Waals surface area contributed by atoms with E-state index in [1.165, 1.54) is 0 Å². The maximum absolute atomic E-state index is 5.62. The molecule has 1 N–H and O–H groups in total. The van der Waals surface area contributed by atoms with Gasteiger partial charge in [0.05, 0.1) is 24.9 Å². The fourth-order valence-electron chi connectivity index (χ4n) is 2.44. The second kappa shape index (κ2) is 7.49. The third kappa shape index (κ3) is 3.59. The largest absolute Gasteiger partial charge is 0.493 e. The van der Waals surface area contributed by atoms with E-state index in [2.05, 4.69) is 31.2 Å². The first-order valence-electron chi connectivity index (χ1n) is 7.65. The van der Waals surface area contributed by atoms with Crippen LogP contribution in [-0.4, -0.2) is 23.7 Å². The molecular weight excluding hydrogens is 370 g/mol. The summed E-state index contributed by atoms with van der Waals surface area (Å²) < 4.78 is 11.9. The van der Waals surface area contributed by atoms with Crippen molar-refractivity contribution in [3.8, 4) is 11.5 Å². The summed E-state index contributed by atoms with van der Waals surface area (Å²) in [4.78, 5) is 8.80. The average molecular weight is 388 g/mol. The van der Waals surface area contributed by atoms with Crippen molar-refractivity contribution in [3.63, 3.8) is 0 Å². The lowest BCUT2D eigenvalue weighted by Crippen LogP contribution is -2.03. The Morgan fingerprint density at radius 3 is 2.79 bits per heavy atom. The van der Waals surface area contributed by atoms with Crippen LogP contribution in [0.25, 0.3) is 11.0 Å². The first-order valence-corrected chi connectivity index (χ1v) is 8.44. The zero-order valence-electron chi connectivity index (χ0n) is 13.5. The minimum atomic E-state index is 0.598. The van der Waals surface area contributed by atoms with Gasteiger partial charge < -0.3 is 14.8 Å². The fourth-order valence-corrected chi connectivity index (χ4v) is 2.76. The molecule has 0 aliphatic carbocycles. The molecule has 2 aromatic heterocycles. The van der Waals surface area contributed by atoms with E-state index in [0.29, 0.717) is 13.2 Å². The Morgan fingerprint density at radius 1 is 1.12 bits per heavy atom. The Hall–Kier alpha value is -2.34. The molecule has 0 fully saturated rings. The smallest absolute Gasteiger partial charge is 0.161 e. The van der Waals surface area contributed by atoms with Crippen LogP contribution >= 0.6 is 15.9 Å². The van der Waals surface area contributed by atoms with Crippen molar-refractivity contribution in [2.45, 2.75) is 13.5 Å². The number of nitrogens with zero attached hydrogens (tertiary/aromatic N) is 2. The van der Waals surface area contributed by atoms with Gasteiger partial charge in [-0.15, -0.1) is 0 Å². The molecule has 0 aliphatic heterocycles. The second-order valence-corrected chi connectivity index (χ2v) is 6.07. The number of rotatable bonds is 6. The first kappa shape index (κ1) is 16.5. The molecule has 5 nitrogen and oxygen atoms in total. The zero-order valence-corrected chi connectivity index (χ0v) is 15.1. The second-order valence-electron chi connectivity index (χ2n) is 5.15. The molecule has 0 saturated heterocycles. The van der Waals surface area contributed by atoms with Crippen LogP contribution in [0.3, 0.4) is 0 Å². The standard InChI is InChI=1S/C18H18BrN3O2/c1-3-24-17-8-12(4-5-16(17)23-2)10-21-14-6-7-20-15-9-13(19)11-22-18(14)15/h4-9,11H,3,10H2,1-2H3,(H,20,21). The van der Waals surface area contributed by atoms with Crippen molar-refractivity contribution in [1.29, 1.82) is 0 Å². The molecule has 1 aromatic carbocycles. The predicted molar refractivity (Wildman–Crippen MR) is 98.7 cm³/mol. The van der Waals surface area contributed by atoms with Gasteiger partial charge in [0.1, 0.15) is 5.52 Å². The number of fused-ring (bicyclic) bond motifs is 1. The van der Waals surface area contributed by atoms with Crippen LogP contribution in [0.4, 0.5) is 5.69 Å². The van der Waals surface area contributed by atoms with Crippen LogP contribution in [0.2, 0.25) is 0 Å². The van der Waals surface area contributed by atoms with Crippen LogP contribution in [0.5, 0.6) is 11.5 Å². The topological polar surface area (TPSA) is 56.3 Å². The molecule has 0 bridgehead atoms. The molecule has 6 heteroatoms. The van der Waals surface area contributed by atoms with Gasteiger partial charge in [-0.05, 0) is 52.7 Å². The number of benzene rings is 1. The Bertz CT molecular complexity index is 855. The molecule has 3 rings (SSSR count). The zero-order chi connectivity index (χ0) is 16.9. The van der Waals surface area contributed by atoms with Crippen molar-refractivity contribution in [3.05, 3.63) is 52.8 Å². The van der Waals surface area contributed by atoms with Gasteiger partial charge in [-0.25, -0.2) is 0 Å². The summed E-state index contributed by atoms with van der Waals surface area (Å²) in [5.41, 5.74) is 3.74. The van der Waals surface area contributed by atoms with Gasteiger partial charge in [0, 0.05) is 23.4 Å². The van der Waals surface area contributed by atoms with E-state index >= 15 is 0 Å². The normalized spacial score (nSPS) is 10.6. The van der Waals surface area contributed by atoms with Gasteiger partial charge in [0.15, 0.2) is 11.5 Å². The van der Waals surface area contributed by atoms with E-state index in [1.54, 1.807) is 19.5 Å². The summed E-state index contributed by atoms with van der Waals surface area (Å²) in [5, 5.41) is 3.42. The SMILES string of the molecule is CCOc1cc(CNc2ccnc3cc(Br)cnc23)ccc1OC. The lowest BCUT2D eigenvalue weighted by molar-refractivity contribution is 0.310. The van der Waals surface area contributed by atoms with Crippen molar-refractivity contribution in [2.24, 2.45) is 0 Å². The van der Waals surface area contributed by atoms with Crippen molar-refractivity contribution < 1.29 is 9.47 Å². The number of halogens is 1. The third-order valence-electron chi connectivity index (χ3n) is 3.55. The summed E-state index contributed by atoms with van der Waals surface area (Å²) in [5.74, 6) is 1.49. The van der Waals surface area contributed by atoms with Crippen molar-refractivity contribution >= 4 is 32.7 Å². The number of aromatic nitrogens is 2. The Labute approximate surface area is 149 Å².